The second-order valence-electron chi connectivity index (χ2n) is 26.4. The van der Waals surface area contributed by atoms with Gasteiger partial charge in [0.2, 0.25) is 5.91 Å². The average Bonchev–Trinajstić information content (AvgIpc) is 3.65. The molecular formula is C56H94N8O7. The van der Waals surface area contributed by atoms with E-state index in [1.165, 1.54) is 0 Å². The molecule has 15 nitrogen and oxygen atoms in total. The predicted molar refractivity (Wildman–Crippen MR) is 280 cm³/mol. The van der Waals surface area contributed by atoms with E-state index in [4.69, 9.17) is 15.0 Å². The zero-order chi connectivity index (χ0) is 52.1. The molecular weight excluding hydrogens is 897 g/mol. The number of carbonyl (C=O) groups is 3. The Bertz CT molecular complexity index is 1990. The van der Waals surface area contributed by atoms with Crippen LogP contribution in [-0.2, 0) is 30.3 Å². The molecule has 5 aliphatic rings. The van der Waals surface area contributed by atoms with Gasteiger partial charge in [-0.25, -0.2) is 0 Å². The van der Waals surface area contributed by atoms with E-state index in [9.17, 15) is 24.6 Å². The first kappa shape index (κ1) is 57.0. The van der Waals surface area contributed by atoms with Gasteiger partial charge in [0.25, 0.3) is 0 Å². The maximum atomic E-state index is 13.6. The van der Waals surface area contributed by atoms with Crippen molar-refractivity contribution in [2.45, 2.75) is 183 Å². The van der Waals surface area contributed by atoms with E-state index in [2.05, 4.69) is 89.0 Å². The molecule has 1 aromatic carbocycles. The maximum absolute atomic E-state index is 13.6. The second-order valence-corrected chi connectivity index (χ2v) is 26.4. The van der Waals surface area contributed by atoms with Crippen LogP contribution in [0.25, 0.3) is 10.4 Å². The lowest BCUT2D eigenvalue weighted by Gasteiger charge is -2.63. The number of hydrogen-bond acceptors (Lipinski definition) is 12. The van der Waals surface area contributed by atoms with Crippen molar-refractivity contribution in [2.24, 2.45) is 56.9 Å². The molecule has 0 aromatic heterocycles. The summed E-state index contributed by atoms with van der Waals surface area (Å²) < 4.78 is 11.4. The Morgan fingerprint density at radius 2 is 1.45 bits per heavy atom. The number of amides is 1. The number of azide groups is 1. The zero-order valence-electron chi connectivity index (χ0n) is 45.8. The lowest BCUT2D eigenvalue weighted by atomic mass is 9.43. The normalized spacial score (nSPS) is 32.1. The number of nitrogens with one attached hydrogen (secondary N) is 2. The van der Waals surface area contributed by atoms with Gasteiger partial charge in [0.05, 0.1) is 25.3 Å². The number of fused-ring (bicyclic) bond motifs is 5. The van der Waals surface area contributed by atoms with Crippen LogP contribution in [-0.4, -0.2) is 144 Å². The molecule has 0 radical (unpaired) electrons. The van der Waals surface area contributed by atoms with Crippen molar-refractivity contribution in [3.63, 3.8) is 0 Å². The number of carbonyl (C=O) groups excluding carboxylic acids is 3. The van der Waals surface area contributed by atoms with Crippen molar-refractivity contribution in [1.82, 2.24) is 20.0 Å². The number of nitrogens with zero attached hydrogens (tertiary/aromatic N) is 6. The molecule has 15 heteroatoms. The number of hydrogen-bond donors (Lipinski definition) is 4. The summed E-state index contributed by atoms with van der Waals surface area (Å²) in [6, 6.07) is 7.93. The van der Waals surface area contributed by atoms with Gasteiger partial charge < -0.3 is 35.2 Å². The van der Waals surface area contributed by atoms with Crippen molar-refractivity contribution in [1.29, 1.82) is 0 Å². The molecule has 1 aliphatic heterocycles. The third-order valence-corrected chi connectivity index (χ3v) is 17.4. The Hall–Kier alpha value is -3.30. The Balaban J connectivity index is 1.06. The minimum Gasteiger partial charge on any atom is -0.459 e. The van der Waals surface area contributed by atoms with Gasteiger partial charge in [-0.2, -0.15) is 0 Å². The largest absolute Gasteiger partial charge is 0.459 e. The molecule has 400 valence electrons. The van der Waals surface area contributed by atoms with E-state index in [0.29, 0.717) is 32.4 Å². The maximum Gasteiger partial charge on any atom is 0.320 e. The van der Waals surface area contributed by atoms with Crippen molar-refractivity contribution >= 4 is 23.5 Å². The number of aliphatic hydroxyl groups excluding tert-OH is 2. The Kier molecular flexibility index (Phi) is 18.9. The summed E-state index contributed by atoms with van der Waals surface area (Å²) in [5.41, 5.74) is 9.59. The van der Waals surface area contributed by atoms with Crippen LogP contribution in [0.1, 0.15) is 146 Å². The topological polar surface area (TPSA) is 193 Å². The molecule has 6 unspecified atom stereocenters. The van der Waals surface area contributed by atoms with Gasteiger partial charge in [-0.1, -0.05) is 58.8 Å². The Morgan fingerprint density at radius 1 is 0.831 bits per heavy atom. The number of benzene rings is 1. The van der Waals surface area contributed by atoms with Gasteiger partial charge in [0.15, 0.2) is 0 Å². The van der Waals surface area contributed by atoms with E-state index in [0.717, 1.165) is 95.5 Å². The molecule has 1 aromatic rings. The lowest BCUT2D eigenvalue weighted by Crippen LogP contribution is -2.62. The summed E-state index contributed by atoms with van der Waals surface area (Å²) in [4.78, 5) is 49.8. The predicted octanol–water partition coefficient (Wildman–Crippen LogP) is 8.47. The molecule has 4 saturated carbocycles. The molecule has 71 heavy (non-hydrogen) atoms. The molecule has 5 fully saturated rings. The first-order valence-corrected chi connectivity index (χ1v) is 27.3. The number of anilines is 1. The molecule has 12 atom stereocenters. The van der Waals surface area contributed by atoms with Gasteiger partial charge in [-0.05, 0) is 174 Å². The van der Waals surface area contributed by atoms with E-state index < -0.39 is 23.4 Å². The lowest BCUT2D eigenvalue weighted by molar-refractivity contribution is -0.202. The minimum atomic E-state index is -0.596. The van der Waals surface area contributed by atoms with Gasteiger partial charge in [-0.15, -0.1) is 0 Å². The van der Waals surface area contributed by atoms with Crippen LogP contribution in [0, 0.1) is 51.8 Å². The summed E-state index contributed by atoms with van der Waals surface area (Å²) in [6.07, 6.45) is 6.92. The monoisotopic (exact) mass is 991 g/mol. The van der Waals surface area contributed by atoms with E-state index >= 15 is 0 Å². The third kappa shape index (κ3) is 15.4. The van der Waals surface area contributed by atoms with Crippen LogP contribution in [0.15, 0.2) is 29.4 Å². The van der Waals surface area contributed by atoms with Crippen molar-refractivity contribution in [3.05, 3.63) is 40.3 Å². The van der Waals surface area contributed by atoms with Crippen molar-refractivity contribution in [2.75, 3.05) is 70.8 Å². The molecule has 0 bridgehead atoms. The fourth-order valence-electron chi connectivity index (χ4n) is 14.1. The Labute approximate surface area is 426 Å². The van der Waals surface area contributed by atoms with Crippen LogP contribution in [0.2, 0.25) is 0 Å². The van der Waals surface area contributed by atoms with Crippen LogP contribution in [0.3, 0.4) is 0 Å². The van der Waals surface area contributed by atoms with E-state index in [1.807, 2.05) is 53.7 Å². The third-order valence-electron chi connectivity index (χ3n) is 17.4. The highest BCUT2D eigenvalue weighted by Crippen LogP contribution is 2.68. The highest BCUT2D eigenvalue weighted by atomic mass is 16.6. The van der Waals surface area contributed by atoms with E-state index in [1.54, 1.807) is 0 Å². The summed E-state index contributed by atoms with van der Waals surface area (Å²) in [5.74, 6) is 0.844. The minimum absolute atomic E-state index is 0.0115. The highest BCUT2D eigenvalue weighted by molar-refractivity contribution is 5.90. The van der Waals surface area contributed by atoms with Crippen LogP contribution < -0.4 is 10.6 Å². The van der Waals surface area contributed by atoms with Gasteiger partial charge >= 0.3 is 11.9 Å². The van der Waals surface area contributed by atoms with Gasteiger partial charge in [-0.3, -0.25) is 24.2 Å². The summed E-state index contributed by atoms with van der Waals surface area (Å²) >= 11 is 0. The molecule has 1 amide bonds. The summed E-state index contributed by atoms with van der Waals surface area (Å²) in [5, 5.41) is 34.7. The SMILES string of the molecule is CC(CCC(=O)Nc1ccc(CC(CN2CCN(CC(=O)OC(C)(C)C)CCN(CC(C)(C)C)CC2)NCC(=O)OC(C)(C)C)cc1)[C@H]1CCC2C3C(O)C[C@@H]4C[C@H](N=[N+]=[N-])CC[C@]4(C)C3C[C@H](O)[C@@]21C. The fourth-order valence-corrected chi connectivity index (χ4v) is 14.1. The van der Waals surface area contributed by atoms with Crippen molar-refractivity contribution in [3.8, 4) is 0 Å². The second kappa shape index (κ2) is 23.5. The number of esters is 2. The average molecular weight is 991 g/mol. The number of aliphatic hydroxyl groups is 2. The summed E-state index contributed by atoms with van der Waals surface area (Å²) in [7, 11) is 0. The smallest absolute Gasteiger partial charge is 0.320 e. The number of ether oxygens (including phenoxy) is 2. The zero-order valence-corrected chi connectivity index (χ0v) is 45.8. The molecule has 6 rings (SSSR count). The van der Waals surface area contributed by atoms with E-state index in [-0.39, 0.29) is 94.8 Å². The van der Waals surface area contributed by atoms with Crippen LogP contribution >= 0.6 is 0 Å². The molecule has 1 heterocycles. The molecule has 0 spiro atoms. The standard InChI is InChI=1S/C56H94N8O7/c1-37(43-18-19-44-51-45(32-47(66)56(43,44)12)55(11)22-21-41(60-61-57)30-39(55)31-46(51)65)13-20-48(67)59-40-16-14-38(15-17-40)29-42(58-33-49(68)70-53(5,6)7)34-62-23-24-63(35-50(69)71-54(8,9)10)26-28-64(27-25-62)36-52(2,3)4/h14-17,37,39,41-47,51,58,65-66H,13,18-36H2,1-12H3,(H,59,67)/t37?,39-,41+,42?,43+,44?,45?,46?,47-,51?,55-,56+/m0/s1. The Morgan fingerprint density at radius 3 is 2.07 bits per heavy atom. The highest BCUT2D eigenvalue weighted by Gasteiger charge is 2.65. The summed E-state index contributed by atoms with van der Waals surface area (Å²) in [6.45, 7) is 31.7. The molecule has 4 N–H and O–H groups in total. The molecule has 4 aliphatic carbocycles. The van der Waals surface area contributed by atoms with Gasteiger partial charge in [0, 0.05) is 81.5 Å². The first-order chi connectivity index (χ1) is 33.2. The van der Waals surface area contributed by atoms with Crippen LogP contribution in [0.5, 0.6) is 0 Å². The first-order valence-electron chi connectivity index (χ1n) is 27.3. The van der Waals surface area contributed by atoms with Crippen molar-refractivity contribution < 1.29 is 34.1 Å². The van der Waals surface area contributed by atoms with Crippen LogP contribution in [0.4, 0.5) is 5.69 Å². The quantitative estimate of drug-likeness (QED) is 0.0538. The van der Waals surface area contributed by atoms with Gasteiger partial charge in [0.1, 0.15) is 11.2 Å². The number of rotatable bonds is 16. The fraction of sp³-hybridized carbons (Fsp3) is 0.839. The molecule has 1 saturated heterocycles.